The van der Waals surface area contributed by atoms with Gasteiger partial charge in [-0.15, -0.1) is 0 Å². The summed E-state index contributed by atoms with van der Waals surface area (Å²) in [6.07, 6.45) is 0. The number of anilines is 2. The maximum absolute atomic E-state index is 12.5. The lowest BCUT2D eigenvalue weighted by molar-refractivity contribution is -0.115. The molecule has 0 radical (unpaired) electrons. The number of rotatable bonds is 8. The van der Waals surface area contributed by atoms with Gasteiger partial charge >= 0.3 is 0 Å². The third-order valence-electron chi connectivity index (χ3n) is 5.64. The lowest BCUT2D eigenvalue weighted by atomic mass is 10.00. The predicted octanol–water partition coefficient (Wildman–Crippen LogP) is 5.39. The van der Waals surface area contributed by atoms with Crippen LogP contribution in [0.15, 0.2) is 91.0 Å². The first-order valence-electron chi connectivity index (χ1n) is 11.1. The van der Waals surface area contributed by atoms with Gasteiger partial charge in [-0.05, 0) is 71.8 Å². The highest BCUT2D eigenvalue weighted by Gasteiger charge is 2.11. The lowest BCUT2D eigenvalue weighted by Gasteiger charge is -2.16. The number of ether oxygens (including phenoxy) is 1. The van der Waals surface area contributed by atoms with Crippen LogP contribution < -0.4 is 20.7 Å². The molecule has 0 aliphatic heterocycles. The molecule has 0 saturated heterocycles. The highest BCUT2D eigenvalue weighted by Crippen LogP contribution is 2.24. The van der Waals surface area contributed by atoms with Crippen molar-refractivity contribution >= 4 is 34.0 Å². The van der Waals surface area contributed by atoms with Crippen molar-refractivity contribution in [3.8, 4) is 5.75 Å². The molecule has 0 aliphatic rings. The van der Waals surface area contributed by atoms with Gasteiger partial charge in [0.1, 0.15) is 5.75 Å². The third kappa shape index (κ3) is 5.60. The molecule has 0 bridgehead atoms. The van der Waals surface area contributed by atoms with Crippen LogP contribution in [0, 0.1) is 0 Å². The second kappa shape index (κ2) is 10.6. The SMILES string of the molecule is COc1ccc(NC(=O)c2ccc(NC(=O)CN[C@H](C)c3cccc4ccccc34)cc2)cc1. The Morgan fingerprint density at radius 1 is 0.794 bits per heavy atom. The van der Waals surface area contributed by atoms with Gasteiger partial charge in [-0.2, -0.15) is 0 Å². The number of benzene rings is 4. The molecule has 4 rings (SSSR count). The Morgan fingerprint density at radius 2 is 1.44 bits per heavy atom. The molecule has 172 valence electrons. The zero-order valence-corrected chi connectivity index (χ0v) is 19.2. The zero-order valence-electron chi connectivity index (χ0n) is 19.2. The second-order valence-electron chi connectivity index (χ2n) is 7.98. The van der Waals surface area contributed by atoms with Crippen LogP contribution in [0.2, 0.25) is 0 Å². The van der Waals surface area contributed by atoms with Gasteiger partial charge in [0.15, 0.2) is 0 Å². The Morgan fingerprint density at radius 3 is 2.18 bits per heavy atom. The Kier molecular flexibility index (Phi) is 7.20. The minimum Gasteiger partial charge on any atom is -0.497 e. The molecule has 0 aliphatic carbocycles. The van der Waals surface area contributed by atoms with Gasteiger partial charge in [0, 0.05) is 23.0 Å². The van der Waals surface area contributed by atoms with Crippen LogP contribution >= 0.6 is 0 Å². The van der Waals surface area contributed by atoms with Crippen LogP contribution in [-0.2, 0) is 4.79 Å². The van der Waals surface area contributed by atoms with E-state index in [1.165, 1.54) is 10.8 Å². The third-order valence-corrected chi connectivity index (χ3v) is 5.64. The highest BCUT2D eigenvalue weighted by atomic mass is 16.5. The number of hydrogen-bond donors (Lipinski definition) is 3. The molecule has 0 spiro atoms. The molecule has 6 nitrogen and oxygen atoms in total. The summed E-state index contributed by atoms with van der Waals surface area (Å²) in [5.41, 5.74) is 2.95. The Balaban J connectivity index is 1.30. The van der Waals surface area contributed by atoms with Gasteiger partial charge in [0.25, 0.3) is 5.91 Å². The van der Waals surface area contributed by atoms with Crippen molar-refractivity contribution < 1.29 is 14.3 Å². The molecule has 6 heteroatoms. The summed E-state index contributed by atoms with van der Waals surface area (Å²) >= 11 is 0. The maximum Gasteiger partial charge on any atom is 0.255 e. The van der Waals surface area contributed by atoms with Crippen molar-refractivity contribution in [2.75, 3.05) is 24.3 Å². The van der Waals surface area contributed by atoms with Crippen LogP contribution in [0.4, 0.5) is 11.4 Å². The maximum atomic E-state index is 12.5. The van der Waals surface area contributed by atoms with Gasteiger partial charge in [-0.1, -0.05) is 42.5 Å². The number of amides is 2. The fraction of sp³-hybridized carbons (Fsp3) is 0.143. The summed E-state index contributed by atoms with van der Waals surface area (Å²) in [4.78, 5) is 24.9. The first-order chi connectivity index (χ1) is 16.5. The van der Waals surface area contributed by atoms with Crippen molar-refractivity contribution in [1.29, 1.82) is 0 Å². The molecule has 4 aromatic carbocycles. The molecule has 3 N–H and O–H groups in total. The normalized spacial score (nSPS) is 11.6. The van der Waals surface area contributed by atoms with Gasteiger partial charge in [0.05, 0.1) is 13.7 Å². The monoisotopic (exact) mass is 453 g/mol. The van der Waals surface area contributed by atoms with Crippen LogP contribution in [0.1, 0.15) is 28.9 Å². The molecule has 34 heavy (non-hydrogen) atoms. The highest BCUT2D eigenvalue weighted by molar-refractivity contribution is 6.04. The molecule has 1 atom stereocenters. The number of hydrogen-bond acceptors (Lipinski definition) is 4. The van der Waals surface area contributed by atoms with Gasteiger partial charge in [-0.25, -0.2) is 0 Å². The number of methoxy groups -OCH3 is 1. The summed E-state index contributed by atoms with van der Waals surface area (Å²) in [7, 11) is 1.59. The quantitative estimate of drug-likeness (QED) is 0.334. The first-order valence-corrected chi connectivity index (χ1v) is 11.1. The van der Waals surface area contributed by atoms with E-state index in [4.69, 9.17) is 4.74 Å². The molecule has 0 fully saturated rings. The first kappa shape index (κ1) is 23.0. The lowest BCUT2D eigenvalue weighted by Crippen LogP contribution is -2.30. The molecule has 2 amide bonds. The molecule has 0 unspecified atom stereocenters. The van der Waals surface area contributed by atoms with E-state index >= 15 is 0 Å². The van der Waals surface area contributed by atoms with E-state index in [1.54, 1.807) is 55.6 Å². The van der Waals surface area contributed by atoms with Crippen LogP contribution in [0.5, 0.6) is 5.75 Å². The van der Waals surface area contributed by atoms with Gasteiger partial charge < -0.3 is 20.7 Å². The molecule has 0 saturated carbocycles. The standard InChI is InChI=1S/C28H27N3O3/c1-19(25-9-5-7-20-6-3-4-8-26(20)25)29-18-27(32)30-22-12-10-21(11-13-22)28(33)31-23-14-16-24(34-2)17-15-23/h3-17,19,29H,18H2,1-2H3,(H,30,32)(H,31,33)/t19-/m1/s1. The minimum absolute atomic E-state index is 0.0147. The number of fused-ring (bicyclic) bond motifs is 1. The van der Waals surface area contributed by atoms with E-state index in [1.807, 2.05) is 25.1 Å². The largest absolute Gasteiger partial charge is 0.497 e. The molecular formula is C28H27N3O3. The van der Waals surface area contributed by atoms with Crippen LogP contribution in [0.3, 0.4) is 0 Å². The molecular weight excluding hydrogens is 426 g/mol. The fourth-order valence-corrected chi connectivity index (χ4v) is 3.77. The number of carbonyl (C=O) groups excluding carboxylic acids is 2. The molecule has 0 aromatic heterocycles. The summed E-state index contributed by atoms with van der Waals surface area (Å²) in [5.74, 6) is 0.343. The zero-order chi connectivity index (χ0) is 23.9. The average molecular weight is 454 g/mol. The van der Waals surface area contributed by atoms with Crippen molar-refractivity contribution in [1.82, 2.24) is 5.32 Å². The second-order valence-corrected chi connectivity index (χ2v) is 7.98. The number of carbonyl (C=O) groups is 2. The van der Waals surface area contributed by atoms with Crippen molar-refractivity contribution in [2.45, 2.75) is 13.0 Å². The van der Waals surface area contributed by atoms with Crippen LogP contribution in [-0.4, -0.2) is 25.5 Å². The van der Waals surface area contributed by atoms with Gasteiger partial charge in [-0.3, -0.25) is 9.59 Å². The predicted molar refractivity (Wildman–Crippen MR) is 136 cm³/mol. The Labute approximate surface area is 199 Å². The molecule has 4 aromatic rings. The van der Waals surface area contributed by atoms with Crippen LogP contribution in [0.25, 0.3) is 10.8 Å². The summed E-state index contributed by atoms with van der Waals surface area (Å²) in [5, 5.41) is 11.3. The fourth-order valence-electron chi connectivity index (χ4n) is 3.77. The molecule has 0 heterocycles. The minimum atomic E-state index is -0.228. The van der Waals surface area contributed by atoms with E-state index in [0.29, 0.717) is 16.9 Å². The van der Waals surface area contributed by atoms with E-state index in [0.717, 1.165) is 11.3 Å². The van der Waals surface area contributed by atoms with Gasteiger partial charge in [0.2, 0.25) is 5.91 Å². The summed E-state index contributed by atoms with van der Waals surface area (Å²) in [6.45, 7) is 2.22. The van der Waals surface area contributed by atoms with E-state index in [-0.39, 0.29) is 24.4 Å². The summed E-state index contributed by atoms with van der Waals surface area (Å²) in [6, 6.07) is 28.3. The Bertz CT molecular complexity index is 1280. The van der Waals surface area contributed by atoms with Crippen molar-refractivity contribution in [3.05, 3.63) is 102 Å². The summed E-state index contributed by atoms with van der Waals surface area (Å²) < 4.78 is 5.12. The van der Waals surface area contributed by atoms with Crippen molar-refractivity contribution in [2.24, 2.45) is 0 Å². The van der Waals surface area contributed by atoms with E-state index < -0.39 is 0 Å². The number of nitrogens with one attached hydrogen (secondary N) is 3. The van der Waals surface area contributed by atoms with E-state index in [2.05, 4.69) is 40.2 Å². The van der Waals surface area contributed by atoms with E-state index in [9.17, 15) is 9.59 Å². The topological polar surface area (TPSA) is 79.5 Å². The smallest absolute Gasteiger partial charge is 0.255 e. The Hall–Kier alpha value is -4.16. The van der Waals surface area contributed by atoms with Crippen molar-refractivity contribution in [3.63, 3.8) is 0 Å². The average Bonchev–Trinajstić information content (AvgIpc) is 2.87.